The molecule has 0 unspecified atom stereocenters. The molecular formula is C15H24O4. The Morgan fingerprint density at radius 3 is 2.00 bits per heavy atom. The average molecular weight is 268 g/mol. The third-order valence-corrected chi connectivity index (χ3v) is 2.42. The molecule has 0 radical (unpaired) electrons. The fourth-order valence-electron chi connectivity index (χ4n) is 1.25. The van der Waals surface area contributed by atoms with E-state index in [0.29, 0.717) is 0 Å². The van der Waals surface area contributed by atoms with Crippen LogP contribution in [0.15, 0.2) is 24.3 Å². The summed E-state index contributed by atoms with van der Waals surface area (Å²) >= 11 is 0. The second kappa shape index (κ2) is 11.5. The molecule has 108 valence electrons. The normalized spacial score (nSPS) is 9.58. The van der Waals surface area contributed by atoms with Gasteiger partial charge in [-0.3, -0.25) is 0 Å². The largest absolute Gasteiger partial charge is 0.507 e. The highest BCUT2D eigenvalue weighted by atomic mass is 16.5. The molecule has 1 aromatic carbocycles. The number of carbonyl (C=O) groups is 1. The van der Waals surface area contributed by atoms with Crippen LogP contribution in [0, 0.1) is 0 Å². The molecule has 0 spiro atoms. The molecule has 0 atom stereocenters. The zero-order valence-electron chi connectivity index (χ0n) is 11.8. The van der Waals surface area contributed by atoms with Crippen molar-refractivity contribution in [3.63, 3.8) is 0 Å². The van der Waals surface area contributed by atoms with Crippen LogP contribution in [0.2, 0.25) is 0 Å². The van der Waals surface area contributed by atoms with Crippen molar-refractivity contribution in [1.82, 2.24) is 0 Å². The van der Waals surface area contributed by atoms with E-state index >= 15 is 0 Å². The minimum absolute atomic E-state index is 0.0671. The van der Waals surface area contributed by atoms with Crippen LogP contribution in [0.5, 0.6) is 5.75 Å². The van der Waals surface area contributed by atoms with Gasteiger partial charge in [-0.2, -0.15) is 0 Å². The molecule has 1 rings (SSSR count). The Labute approximate surface area is 115 Å². The van der Waals surface area contributed by atoms with Crippen LogP contribution < -0.4 is 0 Å². The molecule has 0 aliphatic heterocycles. The van der Waals surface area contributed by atoms with Crippen LogP contribution in [-0.4, -0.2) is 29.4 Å². The minimum Gasteiger partial charge on any atom is -0.507 e. The van der Waals surface area contributed by atoms with Crippen molar-refractivity contribution >= 4 is 5.97 Å². The lowest BCUT2D eigenvalue weighted by Crippen LogP contribution is -1.95. The number of hydrogen-bond acceptors (Lipinski definition) is 3. The third kappa shape index (κ3) is 9.08. The standard InChI is InChI=1S/C8H18O.C7H6O3/c1-3-5-7-9-8-6-4-2;8-6-4-2-1-3-5(6)7(9)10/h3-8H2,1-2H3;1-4,8H,(H,9,10). The third-order valence-electron chi connectivity index (χ3n) is 2.42. The first kappa shape index (κ1) is 17.4. The molecule has 0 bridgehead atoms. The molecule has 1 aromatic rings. The van der Waals surface area contributed by atoms with Crippen LogP contribution >= 0.6 is 0 Å². The van der Waals surface area contributed by atoms with E-state index in [1.807, 2.05) is 0 Å². The highest BCUT2D eigenvalue weighted by Gasteiger charge is 2.05. The van der Waals surface area contributed by atoms with E-state index in [1.54, 1.807) is 12.1 Å². The Morgan fingerprint density at radius 2 is 1.63 bits per heavy atom. The fourth-order valence-corrected chi connectivity index (χ4v) is 1.25. The maximum Gasteiger partial charge on any atom is 0.339 e. The van der Waals surface area contributed by atoms with E-state index < -0.39 is 5.97 Å². The van der Waals surface area contributed by atoms with Gasteiger partial charge in [-0.25, -0.2) is 4.79 Å². The fraction of sp³-hybridized carbons (Fsp3) is 0.533. The maximum atomic E-state index is 10.3. The van der Waals surface area contributed by atoms with Crippen LogP contribution in [0.3, 0.4) is 0 Å². The summed E-state index contributed by atoms with van der Waals surface area (Å²) in [6.07, 6.45) is 4.91. The number of rotatable bonds is 7. The lowest BCUT2D eigenvalue weighted by atomic mass is 10.2. The number of hydrogen-bond donors (Lipinski definition) is 2. The molecule has 0 aliphatic carbocycles. The van der Waals surface area contributed by atoms with Crippen LogP contribution in [0.4, 0.5) is 0 Å². The molecule has 0 heterocycles. The van der Waals surface area contributed by atoms with Crippen molar-refractivity contribution < 1.29 is 19.7 Å². The Hall–Kier alpha value is -1.55. The molecule has 4 heteroatoms. The number of carboxylic acid groups (broad SMARTS) is 1. The first-order valence-electron chi connectivity index (χ1n) is 6.72. The quantitative estimate of drug-likeness (QED) is 0.740. The predicted octanol–water partition coefficient (Wildman–Crippen LogP) is 3.69. The summed E-state index contributed by atoms with van der Waals surface area (Å²) in [5.41, 5.74) is -0.0671. The van der Waals surface area contributed by atoms with E-state index in [0.717, 1.165) is 13.2 Å². The van der Waals surface area contributed by atoms with Crippen molar-refractivity contribution in [3.05, 3.63) is 29.8 Å². The van der Waals surface area contributed by atoms with Crippen LogP contribution in [-0.2, 0) is 4.74 Å². The zero-order valence-corrected chi connectivity index (χ0v) is 11.8. The second-order valence-electron chi connectivity index (χ2n) is 4.14. The summed E-state index contributed by atoms with van der Waals surface area (Å²) in [6.45, 7) is 6.28. The van der Waals surface area contributed by atoms with Crippen molar-refractivity contribution in [2.24, 2.45) is 0 Å². The van der Waals surface area contributed by atoms with Crippen LogP contribution in [0.1, 0.15) is 49.9 Å². The van der Waals surface area contributed by atoms with E-state index in [1.165, 1.54) is 37.8 Å². The van der Waals surface area contributed by atoms with Gasteiger partial charge in [-0.05, 0) is 25.0 Å². The second-order valence-corrected chi connectivity index (χ2v) is 4.14. The van der Waals surface area contributed by atoms with Crippen LogP contribution in [0.25, 0.3) is 0 Å². The summed E-state index contributed by atoms with van der Waals surface area (Å²) < 4.78 is 5.31. The average Bonchev–Trinajstić information content (AvgIpc) is 2.40. The molecular weight excluding hydrogens is 244 g/mol. The van der Waals surface area contributed by atoms with Crippen molar-refractivity contribution in [2.45, 2.75) is 39.5 Å². The first-order chi connectivity index (χ1) is 9.13. The van der Waals surface area contributed by atoms with E-state index in [-0.39, 0.29) is 11.3 Å². The van der Waals surface area contributed by atoms with Gasteiger partial charge in [0.2, 0.25) is 0 Å². The number of unbranched alkanes of at least 4 members (excludes halogenated alkanes) is 2. The van der Waals surface area contributed by atoms with Crippen molar-refractivity contribution in [3.8, 4) is 5.75 Å². The summed E-state index contributed by atoms with van der Waals surface area (Å²) in [5, 5.41) is 17.3. The van der Waals surface area contributed by atoms with Gasteiger partial charge in [0.25, 0.3) is 0 Å². The van der Waals surface area contributed by atoms with Gasteiger partial charge < -0.3 is 14.9 Å². The van der Waals surface area contributed by atoms with Gasteiger partial charge in [0, 0.05) is 13.2 Å². The molecule has 0 aromatic heterocycles. The molecule has 0 aliphatic rings. The molecule has 0 fully saturated rings. The van der Waals surface area contributed by atoms with E-state index in [2.05, 4.69) is 13.8 Å². The highest BCUT2D eigenvalue weighted by Crippen LogP contribution is 2.14. The summed E-state index contributed by atoms with van der Waals surface area (Å²) in [7, 11) is 0. The molecule has 0 saturated heterocycles. The van der Waals surface area contributed by atoms with Crippen molar-refractivity contribution in [1.29, 1.82) is 0 Å². The lowest BCUT2D eigenvalue weighted by Gasteiger charge is -1.99. The monoisotopic (exact) mass is 268 g/mol. The van der Waals surface area contributed by atoms with Gasteiger partial charge in [0.1, 0.15) is 11.3 Å². The summed E-state index contributed by atoms with van der Waals surface area (Å²) in [4.78, 5) is 10.3. The van der Waals surface area contributed by atoms with Crippen molar-refractivity contribution in [2.75, 3.05) is 13.2 Å². The number of benzene rings is 1. The molecule has 0 amide bonds. The van der Waals surface area contributed by atoms with Gasteiger partial charge >= 0.3 is 5.97 Å². The van der Waals surface area contributed by atoms with E-state index in [4.69, 9.17) is 14.9 Å². The number of para-hydroxylation sites is 1. The van der Waals surface area contributed by atoms with Gasteiger partial charge in [-0.1, -0.05) is 38.8 Å². The predicted molar refractivity (Wildman–Crippen MR) is 75.7 cm³/mol. The smallest absolute Gasteiger partial charge is 0.339 e. The Balaban J connectivity index is 0.000000344. The zero-order chi connectivity index (χ0) is 14.5. The van der Waals surface area contributed by atoms with Gasteiger partial charge in [0.15, 0.2) is 0 Å². The molecule has 0 saturated carbocycles. The first-order valence-corrected chi connectivity index (χ1v) is 6.72. The summed E-state index contributed by atoms with van der Waals surface area (Å²) in [5.74, 6) is -1.31. The maximum absolute atomic E-state index is 10.3. The van der Waals surface area contributed by atoms with Gasteiger partial charge in [-0.15, -0.1) is 0 Å². The number of carboxylic acids is 1. The number of ether oxygens (including phenoxy) is 1. The summed E-state index contributed by atoms with van der Waals surface area (Å²) in [6, 6.07) is 5.81. The van der Waals surface area contributed by atoms with Gasteiger partial charge in [0.05, 0.1) is 0 Å². The Bertz CT molecular complexity index is 344. The highest BCUT2D eigenvalue weighted by molar-refractivity contribution is 5.90. The molecule has 4 nitrogen and oxygen atoms in total. The molecule has 19 heavy (non-hydrogen) atoms. The Kier molecular flexibility index (Phi) is 10.6. The number of aromatic hydroxyl groups is 1. The lowest BCUT2D eigenvalue weighted by molar-refractivity contribution is 0.0693. The topological polar surface area (TPSA) is 66.8 Å². The van der Waals surface area contributed by atoms with E-state index in [9.17, 15) is 4.79 Å². The SMILES string of the molecule is CCCCOCCCC.O=C(O)c1ccccc1O. The Morgan fingerprint density at radius 1 is 1.11 bits per heavy atom. The number of aromatic carboxylic acids is 1. The molecule has 2 N–H and O–H groups in total. The minimum atomic E-state index is -1.11. The number of phenols is 1.